The highest BCUT2D eigenvalue weighted by Crippen LogP contribution is 2.23. The maximum atomic E-state index is 12.3. The molecule has 0 aliphatic heterocycles. The Morgan fingerprint density at radius 1 is 1.37 bits per heavy atom. The van der Waals surface area contributed by atoms with Crippen LogP contribution < -0.4 is 5.32 Å². The summed E-state index contributed by atoms with van der Waals surface area (Å²) < 4.78 is 0. The van der Waals surface area contributed by atoms with Crippen LogP contribution in [0.5, 0.6) is 0 Å². The lowest BCUT2D eigenvalue weighted by atomic mass is 9.85. The van der Waals surface area contributed by atoms with E-state index in [0.717, 1.165) is 12.0 Å². The number of alkyl halides is 1. The molecule has 0 saturated carbocycles. The van der Waals surface area contributed by atoms with Crippen LogP contribution in [0.15, 0.2) is 18.2 Å². The second kappa shape index (κ2) is 6.62. The molecule has 0 aliphatic carbocycles. The molecule has 0 spiro atoms. The Morgan fingerprint density at radius 2 is 2.00 bits per heavy atom. The first kappa shape index (κ1) is 16.3. The summed E-state index contributed by atoms with van der Waals surface area (Å²) in [7, 11) is 0. The van der Waals surface area contributed by atoms with Crippen LogP contribution in [-0.2, 0) is 0 Å². The largest absolute Gasteiger partial charge is 0.349 e. The minimum atomic E-state index is -0.0702. The Kier molecular flexibility index (Phi) is 5.69. The van der Waals surface area contributed by atoms with Gasteiger partial charge in [0.15, 0.2) is 0 Å². The molecule has 0 aliphatic rings. The van der Waals surface area contributed by atoms with Crippen molar-refractivity contribution < 1.29 is 4.79 Å². The van der Waals surface area contributed by atoms with Crippen LogP contribution in [0.1, 0.15) is 43.1 Å². The molecule has 1 amide bonds. The Hall–Kier alpha value is -0.730. The number of rotatable bonds is 4. The van der Waals surface area contributed by atoms with Crippen LogP contribution in [0.25, 0.3) is 0 Å². The topological polar surface area (TPSA) is 29.1 Å². The number of nitrogens with one attached hydrogen (secondary N) is 1. The molecule has 0 radical (unpaired) electrons. The van der Waals surface area contributed by atoms with Gasteiger partial charge in [-0.3, -0.25) is 4.79 Å². The van der Waals surface area contributed by atoms with Gasteiger partial charge >= 0.3 is 0 Å². The molecule has 1 aromatic rings. The quantitative estimate of drug-likeness (QED) is 0.819. The molecular weight excluding hydrogens is 281 g/mol. The van der Waals surface area contributed by atoms with E-state index in [1.165, 1.54) is 0 Å². The highest BCUT2D eigenvalue weighted by atomic mass is 35.5. The summed E-state index contributed by atoms with van der Waals surface area (Å²) >= 11 is 11.7. The predicted octanol–water partition coefficient (Wildman–Crippen LogP) is 4.42. The number of benzene rings is 1. The summed E-state index contributed by atoms with van der Waals surface area (Å²) in [5.74, 6) is 0.459. The van der Waals surface area contributed by atoms with Crippen LogP contribution >= 0.6 is 23.2 Å². The number of amides is 1. The molecule has 19 heavy (non-hydrogen) atoms. The van der Waals surface area contributed by atoms with Crippen molar-refractivity contribution in [1.82, 2.24) is 5.32 Å². The van der Waals surface area contributed by atoms with E-state index in [1.807, 2.05) is 6.92 Å². The molecule has 1 N–H and O–H groups in total. The van der Waals surface area contributed by atoms with E-state index in [1.54, 1.807) is 18.2 Å². The Labute approximate surface area is 125 Å². The third kappa shape index (κ3) is 4.70. The highest BCUT2D eigenvalue weighted by molar-refractivity contribution is 6.30. The second-order valence-corrected chi connectivity index (χ2v) is 6.64. The van der Waals surface area contributed by atoms with Crippen molar-refractivity contribution in [2.24, 2.45) is 5.41 Å². The maximum absolute atomic E-state index is 12.3. The zero-order chi connectivity index (χ0) is 14.6. The number of hydrogen-bond acceptors (Lipinski definition) is 1. The minimum Gasteiger partial charge on any atom is -0.349 e. The summed E-state index contributed by atoms with van der Waals surface area (Å²) in [5, 5.41) is 3.71. The van der Waals surface area contributed by atoms with Gasteiger partial charge < -0.3 is 5.32 Å². The molecule has 4 heteroatoms. The molecule has 1 aromatic carbocycles. The highest BCUT2D eigenvalue weighted by Gasteiger charge is 2.26. The second-order valence-electron chi connectivity index (χ2n) is 5.83. The molecule has 0 saturated heterocycles. The molecule has 1 atom stereocenters. The summed E-state index contributed by atoms with van der Waals surface area (Å²) in [6, 6.07) is 5.34. The SMILES string of the molecule is Cc1cc(Cl)ccc1C(=O)NC(CCCl)C(C)(C)C. The van der Waals surface area contributed by atoms with Gasteiger partial charge in [0.05, 0.1) is 0 Å². The van der Waals surface area contributed by atoms with Crippen molar-refractivity contribution in [1.29, 1.82) is 0 Å². The Bertz CT molecular complexity index is 452. The zero-order valence-electron chi connectivity index (χ0n) is 11.9. The lowest BCUT2D eigenvalue weighted by molar-refractivity contribution is 0.0900. The standard InChI is InChI=1S/C15H21Cl2NO/c1-10-9-11(17)5-6-12(10)14(19)18-13(7-8-16)15(2,3)4/h5-6,9,13H,7-8H2,1-4H3,(H,18,19). The van der Waals surface area contributed by atoms with Crippen molar-refractivity contribution >= 4 is 29.1 Å². The molecule has 0 heterocycles. The number of aryl methyl sites for hydroxylation is 1. The van der Waals surface area contributed by atoms with E-state index in [2.05, 4.69) is 26.1 Å². The number of carbonyl (C=O) groups is 1. The molecule has 1 unspecified atom stereocenters. The van der Waals surface area contributed by atoms with Gasteiger partial charge in [-0.05, 0) is 42.5 Å². The summed E-state index contributed by atoms with van der Waals surface area (Å²) in [5.41, 5.74) is 1.52. The maximum Gasteiger partial charge on any atom is 0.251 e. The first-order valence-electron chi connectivity index (χ1n) is 6.38. The van der Waals surface area contributed by atoms with E-state index in [-0.39, 0.29) is 17.4 Å². The third-order valence-electron chi connectivity index (χ3n) is 3.18. The molecule has 2 nitrogen and oxygen atoms in total. The minimum absolute atomic E-state index is 0.0229. The number of carbonyl (C=O) groups excluding carboxylic acids is 1. The third-order valence-corrected chi connectivity index (χ3v) is 3.63. The lowest BCUT2D eigenvalue weighted by Crippen LogP contribution is -2.44. The van der Waals surface area contributed by atoms with Crippen LogP contribution in [0.3, 0.4) is 0 Å². The van der Waals surface area contributed by atoms with Gasteiger partial charge in [0, 0.05) is 22.5 Å². The van der Waals surface area contributed by atoms with Gasteiger partial charge in [-0.25, -0.2) is 0 Å². The van der Waals surface area contributed by atoms with Gasteiger partial charge in [-0.15, -0.1) is 11.6 Å². The van der Waals surface area contributed by atoms with Crippen molar-refractivity contribution in [3.8, 4) is 0 Å². The normalized spacial score (nSPS) is 13.2. The zero-order valence-corrected chi connectivity index (χ0v) is 13.4. The predicted molar refractivity (Wildman–Crippen MR) is 82.2 cm³/mol. The Balaban J connectivity index is 2.88. The van der Waals surface area contributed by atoms with Gasteiger partial charge in [-0.2, -0.15) is 0 Å². The fourth-order valence-electron chi connectivity index (χ4n) is 1.95. The Morgan fingerprint density at radius 3 is 2.47 bits per heavy atom. The van der Waals surface area contributed by atoms with Crippen LogP contribution in [0.4, 0.5) is 0 Å². The van der Waals surface area contributed by atoms with Crippen molar-refractivity contribution in [3.05, 3.63) is 34.3 Å². The van der Waals surface area contributed by atoms with E-state index >= 15 is 0 Å². The molecular formula is C15H21Cl2NO. The van der Waals surface area contributed by atoms with Crippen LogP contribution in [-0.4, -0.2) is 17.8 Å². The fourth-order valence-corrected chi connectivity index (χ4v) is 2.39. The van der Waals surface area contributed by atoms with E-state index in [0.29, 0.717) is 16.5 Å². The monoisotopic (exact) mass is 301 g/mol. The van der Waals surface area contributed by atoms with Crippen molar-refractivity contribution in [2.75, 3.05) is 5.88 Å². The molecule has 0 aromatic heterocycles. The van der Waals surface area contributed by atoms with Gasteiger partial charge in [0.1, 0.15) is 0 Å². The van der Waals surface area contributed by atoms with E-state index in [4.69, 9.17) is 23.2 Å². The summed E-state index contributed by atoms with van der Waals surface area (Å²) in [6.45, 7) is 8.17. The van der Waals surface area contributed by atoms with Crippen molar-refractivity contribution in [2.45, 2.75) is 40.2 Å². The number of halogens is 2. The summed E-state index contributed by atoms with van der Waals surface area (Å²) in [4.78, 5) is 12.3. The van der Waals surface area contributed by atoms with E-state index in [9.17, 15) is 4.79 Å². The lowest BCUT2D eigenvalue weighted by Gasteiger charge is -2.31. The average Bonchev–Trinajstić information content (AvgIpc) is 2.26. The van der Waals surface area contributed by atoms with Crippen molar-refractivity contribution in [3.63, 3.8) is 0 Å². The average molecular weight is 302 g/mol. The first-order valence-corrected chi connectivity index (χ1v) is 7.30. The number of hydrogen-bond donors (Lipinski definition) is 1. The summed E-state index contributed by atoms with van der Waals surface area (Å²) in [6.07, 6.45) is 0.753. The first-order chi connectivity index (χ1) is 8.75. The van der Waals surface area contributed by atoms with Crippen LogP contribution in [0, 0.1) is 12.3 Å². The smallest absolute Gasteiger partial charge is 0.251 e. The fraction of sp³-hybridized carbons (Fsp3) is 0.533. The molecule has 106 valence electrons. The van der Waals surface area contributed by atoms with Crippen LogP contribution in [0.2, 0.25) is 5.02 Å². The van der Waals surface area contributed by atoms with E-state index < -0.39 is 0 Å². The molecule has 1 rings (SSSR count). The van der Waals surface area contributed by atoms with Gasteiger partial charge in [0.25, 0.3) is 5.91 Å². The van der Waals surface area contributed by atoms with Gasteiger partial charge in [-0.1, -0.05) is 32.4 Å². The molecule has 0 bridgehead atoms. The molecule has 0 fully saturated rings. The van der Waals surface area contributed by atoms with Gasteiger partial charge in [0.2, 0.25) is 0 Å².